The number of nitrogens with zero attached hydrogens (tertiary/aromatic N) is 3. The van der Waals surface area contributed by atoms with Gasteiger partial charge in [-0.3, -0.25) is 9.20 Å². The molecule has 1 fully saturated rings. The van der Waals surface area contributed by atoms with Gasteiger partial charge in [-0.25, -0.2) is 4.79 Å². The van der Waals surface area contributed by atoms with Crippen LogP contribution >= 0.6 is 24.0 Å². The van der Waals surface area contributed by atoms with Crippen molar-refractivity contribution in [1.82, 2.24) is 9.80 Å². The standard InChI is InChI=1S/C19H30N4O3S.HI/c1-19(2,3)26-18(24)23-12-10-22(11-13-23)17(20)21-9-14-27(25)15-16-7-5-4-6-8-16;/h4-8H,9-15H2,1-3H3,(H2,20,21);1H. The topological polar surface area (TPSA) is 88.2 Å². The van der Waals surface area contributed by atoms with Crippen molar-refractivity contribution in [2.24, 2.45) is 10.7 Å². The van der Waals surface area contributed by atoms with Crippen LogP contribution in [-0.4, -0.2) is 70.1 Å². The Labute approximate surface area is 187 Å². The van der Waals surface area contributed by atoms with E-state index in [2.05, 4.69) is 4.99 Å². The number of hydrogen-bond donors (Lipinski definition) is 1. The van der Waals surface area contributed by atoms with E-state index in [1.54, 1.807) is 4.90 Å². The molecule has 0 saturated carbocycles. The summed E-state index contributed by atoms with van der Waals surface area (Å²) >= 11 is 0. The zero-order valence-electron chi connectivity index (χ0n) is 16.8. The van der Waals surface area contributed by atoms with Crippen molar-refractivity contribution in [3.05, 3.63) is 35.9 Å². The molecule has 1 saturated heterocycles. The van der Waals surface area contributed by atoms with E-state index in [4.69, 9.17) is 10.5 Å². The number of guanidine groups is 1. The van der Waals surface area contributed by atoms with Gasteiger partial charge in [0.15, 0.2) is 5.96 Å². The second-order valence-electron chi connectivity index (χ2n) is 7.47. The minimum absolute atomic E-state index is 0. The lowest BCUT2D eigenvalue weighted by molar-refractivity contribution is 0.0186. The molecule has 0 aromatic heterocycles. The number of carbonyl (C=O) groups excluding carboxylic acids is 1. The highest BCUT2D eigenvalue weighted by atomic mass is 127. The molecule has 9 heteroatoms. The summed E-state index contributed by atoms with van der Waals surface area (Å²) in [5.41, 5.74) is 6.62. The molecule has 1 heterocycles. The van der Waals surface area contributed by atoms with E-state index in [0.717, 1.165) is 5.56 Å². The zero-order valence-corrected chi connectivity index (χ0v) is 19.9. The number of halogens is 1. The lowest BCUT2D eigenvalue weighted by Gasteiger charge is -2.36. The van der Waals surface area contributed by atoms with Crippen molar-refractivity contribution in [2.45, 2.75) is 32.1 Å². The Morgan fingerprint density at radius 1 is 1.14 bits per heavy atom. The maximum absolute atomic E-state index is 12.1. The number of piperazine rings is 1. The second-order valence-corrected chi connectivity index (χ2v) is 9.04. The molecule has 28 heavy (non-hydrogen) atoms. The molecule has 1 aliphatic heterocycles. The van der Waals surface area contributed by atoms with Crippen LogP contribution in [-0.2, 0) is 21.3 Å². The molecule has 2 N–H and O–H groups in total. The maximum atomic E-state index is 12.1. The molecule has 1 unspecified atom stereocenters. The fourth-order valence-electron chi connectivity index (χ4n) is 2.64. The monoisotopic (exact) mass is 522 g/mol. The number of hydrogen-bond acceptors (Lipinski definition) is 4. The van der Waals surface area contributed by atoms with E-state index in [-0.39, 0.29) is 30.1 Å². The quantitative estimate of drug-likeness (QED) is 0.365. The van der Waals surface area contributed by atoms with Crippen LogP contribution in [0.2, 0.25) is 0 Å². The van der Waals surface area contributed by atoms with Crippen LogP contribution < -0.4 is 5.73 Å². The largest absolute Gasteiger partial charge is 0.444 e. The number of ether oxygens (including phenoxy) is 1. The Bertz CT molecular complexity index is 672. The van der Waals surface area contributed by atoms with Crippen LogP contribution in [0, 0.1) is 0 Å². The molecule has 0 bridgehead atoms. The number of carbonyl (C=O) groups is 1. The predicted octanol–water partition coefficient (Wildman–Crippen LogP) is 2.42. The van der Waals surface area contributed by atoms with Crippen LogP contribution in [0.15, 0.2) is 35.3 Å². The van der Waals surface area contributed by atoms with Gasteiger partial charge in [0, 0.05) is 48.5 Å². The van der Waals surface area contributed by atoms with Crippen LogP contribution in [0.1, 0.15) is 26.3 Å². The first-order chi connectivity index (χ1) is 12.7. The van der Waals surface area contributed by atoms with Crippen LogP contribution in [0.25, 0.3) is 0 Å². The zero-order chi connectivity index (χ0) is 19.9. The van der Waals surface area contributed by atoms with E-state index in [9.17, 15) is 9.00 Å². The first kappa shape index (κ1) is 24.7. The third-order valence-electron chi connectivity index (χ3n) is 4.02. The van der Waals surface area contributed by atoms with E-state index < -0.39 is 16.4 Å². The number of benzene rings is 1. The van der Waals surface area contributed by atoms with Crippen LogP contribution in [0.3, 0.4) is 0 Å². The minimum Gasteiger partial charge on any atom is -0.444 e. The number of amides is 1. The average molecular weight is 522 g/mol. The fourth-order valence-corrected chi connectivity index (χ4v) is 3.64. The number of rotatable bonds is 5. The first-order valence-corrected chi connectivity index (χ1v) is 10.6. The Balaban J connectivity index is 0.00000392. The van der Waals surface area contributed by atoms with Gasteiger partial charge in [0.25, 0.3) is 0 Å². The SMILES string of the molecule is CC(C)(C)OC(=O)N1CCN(C(N)=NCCS(=O)Cc2ccccc2)CC1.I. The van der Waals surface area contributed by atoms with Gasteiger partial charge in [0.05, 0.1) is 6.54 Å². The minimum atomic E-state index is -0.965. The van der Waals surface area contributed by atoms with Gasteiger partial charge in [-0.15, -0.1) is 24.0 Å². The molecule has 0 spiro atoms. The van der Waals surface area contributed by atoms with Gasteiger partial charge in [0.2, 0.25) is 0 Å². The molecule has 1 aliphatic rings. The highest BCUT2D eigenvalue weighted by Gasteiger charge is 2.26. The summed E-state index contributed by atoms with van der Waals surface area (Å²) in [6.07, 6.45) is -0.297. The van der Waals surface area contributed by atoms with Crippen molar-refractivity contribution in [3.8, 4) is 0 Å². The van der Waals surface area contributed by atoms with Gasteiger partial charge < -0.3 is 20.3 Å². The van der Waals surface area contributed by atoms with Crippen LogP contribution in [0.5, 0.6) is 0 Å². The Morgan fingerprint density at radius 2 is 1.71 bits per heavy atom. The van der Waals surface area contributed by atoms with Gasteiger partial charge in [-0.2, -0.15) is 0 Å². The van der Waals surface area contributed by atoms with Crippen molar-refractivity contribution >= 4 is 46.8 Å². The van der Waals surface area contributed by atoms with Crippen LogP contribution in [0.4, 0.5) is 4.79 Å². The molecule has 2 rings (SSSR count). The van der Waals surface area contributed by atoms with E-state index in [0.29, 0.717) is 50.2 Å². The Kier molecular flexibility index (Phi) is 10.2. The Morgan fingerprint density at radius 3 is 2.29 bits per heavy atom. The summed E-state index contributed by atoms with van der Waals surface area (Å²) in [5.74, 6) is 1.45. The summed E-state index contributed by atoms with van der Waals surface area (Å²) in [7, 11) is -0.965. The lowest BCUT2D eigenvalue weighted by Crippen LogP contribution is -2.53. The summed E-state index contributed by atoms with van der Waals surface area (Å²) in [6.45, 7) is 8.31. The molecule has 1 aromatic carbocycles. The van der Waals surface area contributed by atoms with Gasteiger partial charge in [0.1, 0.15) is 5.60 Å². The van der Waals surface area contributed by atoms with Crippen molar-refractivity contribution in [1.29, 1.82) is 0 Å². The Hall–Kier alpha value is -1.36. The average Bonchev–Trinajstić information content (AvgIpc) is 2.61. The van der Waals surface area contributed by atoms with E-state index >= 15 is 0 Å². The molecule has 0 radical (unpaired) electrons. The molecule has 1 aromatic rings. The predicted molar refractivity (Wildman–Crippen MR) is 124 cm³/mol. The summed E-state index contributed by atoms with van der Waals surface area (Å²) < 4.78 is 17.5. The van der Waals surface area contributed by atoms with Crippen molar-refractivity contribution in [3.63, 3.8) is 0 Å². The summed E-state index contributed by atoms with van der Waals surface area (Å²) in [4.78, 5) is 20.1. The molecule has 1 amide bonds. The summed E-state index contributed by atoms with van der Waals surface area (Å²) in [5, 5.41) is 0. The van der Waals surface area contributed by atoms with Crippen molar-refractivity contribution in [2.75, 3.05) is 38.5 Å². The van der Waals surface area contributed by atoms with Gasteiger partial charge >= 0.3 is 6.09 Å². The molecule has 158 valence electrons. The first-order valence-electron chi connectivity index (χ1n) is 9.16. The lowest BCUT2D eigenvalue weighted by atomic mass is 10.2. The normalized spacial score (nSPS) is 16.3. The van der Waals surface area contributed by atoms with E-state index in [1.165, 1.54) is 0 Å². The number of nitrogens with two attached hydrogens (primary N) is 1. The molecular weight excluding hydrogens is 491 g/mol. The second kappa shape index (κ2) is 11.6. The smallest absolute Gasteiger partial charge is 0.410 e. The molecule has 7 nitrogen and oxygen atoms in total. The fraction of sp³-hybridized carbons (Fsp3) is 0.579. The molecular formula is C19H31IN4O3S. The van der Waals surface area contributed by atoms with E-state index in [1.807, 2.05) is 56.0 Å². The highest BCUT2D eigenvalue weighted by Crippen LogP contribution is 2.11. The third kappa shape index (κ3) is 8.76. The summed E-state index contributed by atoms with van der Waals surface area (Å²) in [6, 6.07) is 9.78. The maximum Gasteiger partial charge on any atom is 0.410 e. The van der Waals surface area contributed by atoms with Gasteiger partial charge in [-0.05, 0) is 26.3 Å². The van der Waals surface area contributed by atoms with Crippen molar-refractivity contribution < 1.29 is 13.7 Å². The molecule has 0 aliphatic carbocycles. The highest BCUT2D eigenvalue weighted by molar-refractivity contribution is 14.0. The third-order valence-corrected chi connectivity index (χ3v) is 5.31. The van der Waals surface area contributed by atoms with Gasteiger partial charge in [-0.1, -0.05) is 30.3 Å². The molecule has 1 atom stereocenters. The number of aliphatic imine (C=N–C) groups is 1.